The van der Waals surface area contributed by atoms with Crippen molar-refractivity contribution in [2.45, 2.75) is 5.92 Å². The molecule has 3 rings (SSSR count). The zero-order valence-corrected chi connectivity index (χ0v) is 11.4. The molecule has 1 aliphatic rings. The van der Waals surface area contributed by atoms with Crippen molar-refractivity contribution in [1.82, 2.24) is 5.32 Å². The highest BCUT2D eigenvalue weighted by atomic mass is 16.1. The van der Waals surface area contributed by atoms with E-state index in [9.17, 15) is 10.1 Å². The van der Waals surface area contributed by atoms with Gasteiger partial charge in [0.1, 0.15) is 5.92 Å². The van der Waals surface area contributed by atoms with Crippen molar-refractivity contribution in [1.29, 1.82) is 5.26 Å². The Morgan fingerprint density at radius 2 is 1.57 bits per heavy atom. The number of benzene rings is 2. The summed E-state index contributed by atoms with van der Waals surface area (Å²) in [5.74, 6) is -1.16. The van der Waals surface area contributed by atoms with Gasteiger partial charge in [0.15, 0.2) is 0 Å². The van der Waals surface area contributed by atoms with E-state index in [1.807, 2.05) is 66.7 Å². The Labute approximate surface area is 123 Å². The zero-order chi connectivity index (χ0) is 14.7. The van der Waals surface area contributed by atoms with Crippen LogP contribution in [0.1, 0.15) is 17.0 Å². The van der Waals surface area contributed by atoms with E-state index < -0.39 is 5.92 Å². The van der Waals surface area contributed by atoms with Crippen LogP contribution >= 0.6 is 0 Å². The number of nitrogens with one attached hydrogen (secondary N) is 1. The molecule has 0 aliphatic carbocycles. The summed E-state index contributed by atoms with van der Waals surface area (Å²) < 4.78 is 0. The second-order valence-corrected chi connectivity index (χ2v) is 4.98. The van der Waals surface area contributed by atoms with Crippen LogP contribution in [-0.4, -0.2) is 5.91 Å². The van der Waals surface area contributed by atoms with E-state index in [-0.39, 0.29) is 11.8 Å². The lowest BCUT2D eigenvalue weighted by molar-refractivity contribution is -0.122. The maximum Gasteiger partial charge on any atom is 0.242 e. The average molecular weight is 274 g/mol. The van der Waals surface area contributed by atoms with E-state index in [1.54, 1.807) is 0 Å². The molecule has 2 aromatic carbocycles. The summed E-state index contributed by atoms with van der Waals surface area (Å²) in [6.07, 6.45) is 1.97. The first-order valence-corrected chi connectivity index (χ1v) is 6.82. The topological polar surface area (TPSA) is 52.9 Å². The third kappa shape index (κ3) is 2.56. The molecule has 0 unspecified atom stereocenters. The highest BCUT2D eigenvalue weighted by Gasteiger charge is 2.33. The van der Waals surface area contributed by atoms with E-state index in [0.717, 1.165) is 16.8 Å². The number of nitrogens with zero attached hydrogens (tertiary/aromatic N) is 1. The van der Waals surface area contributed by atoms with Gasteiger partial charge in [0, 0.05) is 11.6 Å². The van der Waals surface area contributed by atoms with Gasteiger partial charge >= 0.3 is 0 Å². The summed E-state index contributed by atoms with van der Waals surface area (Å²) in [5.41, 5.74) is 2.69. The molecule has 21 heavy (non-hydrogen) atoms. The predicted octanol–water partition coefficient (Wildman–Crippen LogP) is 3.08. The van der Waals surface area contributed by atoms with Crippen LogP contribution in [0.2, 0.25) is 0 Å². The number of carbonyl (C=O) groups excluding carboxylic acids is 1. The van der Waals surface area contributed by atoms with Crippen molar-refractivity contribution in [2.24, 2.45) is 5.92 Å². The fourth-order valence-electron chi connectivity index (χ4n) is 2.58. The lowest BCUT2D eigenvalue weighted by Gasteiger charge is -2.26. The van der Waals surface area contributed by atoms with Crippen LogP contribution in [0.5, 0.6) is 0 Å². The third-order valence-electron chi connectivity index (χ3n) is 3.65. The standard InChI is InChI=1S/C18H14N2O/c19-12-16-15(13-7-3-1-4-8-13)11-17(20-18(16)21)14-9-5-2-6-10-14/h1-11,15-16H,(H,20,21)/t15-,16-/m1/s1. The van der Waals surface area contributed by atoms with E-state index in [1.165, 1.54) is 0 Å². The zero-order valence-electron chi connectivity index (χ0n) is 11.4. The lowest BCUT2D eigenvalue weighted by atomic mass is 9.82. The van der Waals surface area contributed by atoms with Crippen molar-refractivity contribution < 1.29 is 4.79 Å². The van der Waals surface area contributed by atoms with Gasteiger partial charge in [0.05, 0.1) is 6.07 Å². The van der Waals surface area contributed by atoms with Gasteiger partial charge in [-0.15, -0.1) is 0 Å². The summed E-state index contributed by atoms with van der Waals surface area (Å²) in [4.78, 5) is 12.2. The molecule has 1 amide bonds. The Balaban J connectivity index is 2.06. The third-order valence-corrected chi connectivity index (χ3v) is 3.65. The highest BCUT2D eigenvalue weighted by molar-refractivity contribution is 5.93. The minimum atomic E-state index is -0.695. The summed E-state index contributed by atoms with van der Waals surface area (Å²) in [5, 5.41) is 12.1. The predicted molar refractivity (Wildman–Crippen MR) is 80.8 cm³/mol. The van der Waals surface area contributed by atoms with Gasteiger partial charge in [0.25, 0.3) is 0 Å². The van der Waals surface area contributed by atoms with Crippen molar-refractivity contribution >= 4 is 11.6 Å². The first kappa shape index (κ1) is 13.1. The van der Waals surface area contributed by atoms with Gasteiger partial charge in [-0.3, -0.25) is 4.79 Å². The fraction of sp³-hybridized carbons (Fsp3) is 0.111. The molecular weight excluding hydrogens is 260 g/mol. The van der Waals surface area contributed by atoms with Crippen molar-refractivity contribution in [3.05, 3.63) is 77.9 Å². The first-order valence-electron chi connectivity index (χ1n) is 6.82. The number of rotatable bonds is 2. The van der Waals surface area contributed by atoms with Crippen LogP contribution in [0.15, 0.2) is 66.7 Å². The Hall–Kier alpha value is -2.86. The van der Waals surface area contributed by atoms with Crippen LogP contribution in [0, 0.1) is 17.2 Å². The minimum Gasteiger partial charge on any atom is -0.325 e. The number of carbonyl (C=O) groups is 1. The van der Waals surface area contributed by atoms with E-state index in [4.69, 9.17) is 0 Å². The first-order chi connectivity index (χ1) is 10.3. The monoisotopic (exact) mass is 274 g/mol. The molecule has 0 radical (unpaired) electrons. The molecule has 0 saturated carbocycles. The fourth-order valence-corrected chi connectivity index (χ4v) is 2.58. The number of hydrogen-bond acceptors (Lipinski definition) is 2. The Bertz CT molecular complexity index is 714. The largest absolute Gasteiger partial charge is 0.325 e. The van der Waals surface area contributed by atoms with Crippen molar-refractivity contribution in [3.63, 3.8) is 0 Å². The number of allylic oxidation sites excluding steroid dienone is 1. The minimum absolute atomic E-state index is 0.222. The lowest BCUT2D eigenvalue weighted by Crippen LogP contribution is -2.36. The summed E-state index contributed by atoms with van der Waals surface area (Å²) in [6.45, 7) is 0. The van der Waals surface area contributed by atoms with Gasteiger partial charge < -0.3 is 5.32 Å². The molecule has 3 nitrogen and oxygen atoms in total. The molecule has 3 heteroatoms. The number of nitriles is 1. The quantitative estimate of drug-likeness (QED) is 0.915. The van der Waals surface area contributed by atoms with Crippen LogP contribution < -0.4 is 5.32 Å². The molecule has 0 saturated heterocycles. The Kier molecular flexibility index (Phi) is 3.53. The SMILES string of the molecule is N#C[C@H]1C(=O)NC(c2ccccc2)=C[C@@H]1c1ccccc1. The van der Waals surface area contributed by atoms with Gasteiger partial charge in [-0.1, -0.05) is 66.7 Å². The molecular formula is C18H14N2O. The smallest absolute Gasteiger partial charge is 0.242 e. The van der Waals surface area contributed by atoms with Gasteiger partial charge in [-0.05, 0) is 11.1 Å². The van der Waals surface area contributed by atoms with Crippen LogP contribution in [0.4, 0.5) is 0 Å². The van der Waals surface area contributed by atoms with Gasteiger partial charge in [0.2, 0.25) is 5.91 Å². The van der Waals surface area contributed by atoms with Crippen LogP contribution in [0.3, 0.4) is 0 Å². The molecule has 2 atom stereocenters. The van der Waals surface area contributed by atoms with Gasteiger partial charge in [-0.25, -0.2) is 0 Å². The highest BCUT2D eigenvalue weighted by Crippen LogP contribution is 2.32. The maximum atomic E-state index is 12.2. The second-order valence-electron chi connectivity index (χ2n) is 4.98. The van der Waals surface area contributed by atoms with Crippen molar-refractivity contribution in [2.75, 3.05) is 0 Å². The molecule has 0 aromatic heterocycles. The van der Waals surface area contributed by atoms with Gasteiger partial charge in [-0.2, -0.15) is 5.26 Å². The molecule has 1 heterocycles. The molecule has 0 bridgehead atoms. The Morgan fingerprint density at radius 3 is 2.19 bits per heavy atom. The maximum absolute atomic E-state index is 12.2. The molecule has 102 valence electrons. The summed E-state index contributed by atoms with van der Waals surface area (Å²) >= 11 is 0. The molecule has 2 aromatic rings. The van der Waals surface area contributed by atoms with E-state index >= 15 is 0 Å². The number of hydrogen-bond donors (Lipinski definition) is 1. The molecule has 0 fully saturated rings. The molecule has 1 N–H and O–H groups in total. The second kappa shape index (κ2) is 5.64. The van der Waals surface area contributed by atoms with Crippen LogP contribution in [0.25, 0.3) is 5.70 Å². The normalized spacial score (nSPS) is 21.1. The summed E-state index contributed by atoms with van der Waals surface area (Å²) in [7, 11) is 0. The average Bonchev–Trinajstić information content (AvgIpc) is 2.55. The molecule has 0 spiro atoms. The van der Waals surface area contributed by atoms with Crippen molar-refractivity contribution in [3.8, 4) is 6.07 Å². The summed E-state index contributed by atoms with van der Waals surface area (Å²) in [6, 6.07) is 21.5. The molecule has 1 aliphatic heterocycles. The van der Waals surface area contributed by atoms with E-state index in [0.29, 0.717) is 0 Å². The number of amides is 1. The Morgan fingerprint density at radius 1 is 0.952 bits per heavy atom. The van der Waals surface area contributed by atoms with Crippen LogP contribution in [-0.2, 0) is 4.79 Å². The van der Waals surface area contributed by atoms with E-state index in [2.05, 4.69) is 11.4 Å².